The number of ether oxygens (including phenoxy) is 9. The molecule has 0 radical (unpaired) electrons. The molecule has 3 heterocycles. The van der Waals surface area contributed by atoms with E-state index in [4.69, 9.17) is 42.6 Å². The van der Waals surface area contributed by atoms with Gasteiger partial charge in [0.1, 0.15) is 18.8 Å². The first-order valence-electron chi connectivity index (χ1n) is 16.1. The molecule has 2 aromatic rings. The molecule has 51 heavy (non-hydrogen) atoms. The number of benzene rings is 1. The lowest BCUT2D eigenvalue weighted by Crippen LogP contribution is -2.59. The number of fused-ring (bicyclic) bond motifs is 1. The standard InChI is InChI=1S/C34H41NO16/c1-15-27(45-17(3)37)30(47-19(5)39)33(50-22(8)42)34(44-15)35-13-24(23-11-9-10-12-25(23)35)28-31(48-20(6)40)32(49-21(7)41)29(46-18(4)38)26(51-28)14-43-16(2)36/h9-13,15,26-34H,14H2,1-8H3/t15-,26+,27+,28+,29+,30+,31+,32-,33-,34-/m0/s1. The quantitative estimate of drug-likeness (QED) is 0.255. The highest BCUT2D eigenvalue weighted by atomic mass is 16.7. The number of hydrogen-bond acceptors (Lipinski definition) is 16. The molecule has 2 aliphatic heterocycles. The Morgan fingerprint density at radius 2 is 1.06 bits per heavy atom. The van der Waals surface area contributed by atoms with Crippen LogP contribution >= 0.6 is 0 Å². The van der Waals surface area contributed by atoms with Crippen molar-refractivity contribution in [2.24, 2.45) is 0 Å². The van der Waals surface area contributed by atoms with E-state index in [0.717, 1.165) is 34.6 Å². The second-order valence-corrected chi connectivity index (χ2v) is 12.1. The van der Waals surface area contributed by atoms with Gasteiger partial charge < -0.3 is 47.2 Å². The largest absolute Gasteiger partial charge is 0.463 e. The number of rotatable bonds is 10. The van der Waals surface area contributed by atoms with Crippen LogP contribution in [0.3, 0.4) is 0 Å². The topological polar surface area (TPSA) is 207 Å². The van der Waals surface area contributed by atoms with Crippen LogP contribution in [-0.2, 0) is 76.2 Å². The van der Waals surface area contributed by atoms with E-state index < -0.39 is 110 Å². The Balaban J connectivity index is 1.93. The predicted molar refractivity (Wildman–Crippen MR) is 169 cm³/mol. The molecule has 2 saturated heterocycles. The molecule has 0 N–H and O–H groups in total. The van der Waals surface area contributed by atoms with Gasteiger partial charge in [0, 0.05) is 65.6 Å². The van der Waals surface area contributed by atoms with Crippen LogP contribution in [-0.4, -0.2) is 102 Å². The van der Waals surface area contributed by atoms with Crippen LogP contribution in [0.15, 0.2) is 30.5 Å². The van der Waals surface area contributed by atoms with Crippen LogP contribution in [0.4, 0.5) is 0 Å². The Morgan fingerprint density at radius 1 is 0.588 bits per heavy atom. The summed E-state index contributed by atoms with van der Waals surface area (Å²) in [7, 11) is 0. The number of nitrogens with zero attached hydrogens (tertiary/aromatic N) is 1. The molecule has 1 aromatic heterocycles. The highest BCUT2D eigenvalue weighted by molar-refractivity contribution is 5.85. The molecular weight excluding hydrogens is 678 g/mol. The van der Waals surface area contributed by atoms with Gasteiger partial charge in [0.2, 0.25) is 0 Å². The molecule has 2 fully saturated rings. The summed E-state index contributed by atoms with van der Waals surface area (Å²) in [6.07, 6.45) is -11.1. The summed E-state index contributed by atoms with van der Waals surface area (Å²) >= 11 is 0. The third kappa shape index (κ3) is 9.21. The Bertz CT molecular complexity index is 1670. The minimum absolute atomic E-state index is 0.340. The number of hydrogen-bond donors (Lipinski definition) is 0. The van der Waals surface area contributed by atoms with Gasteiger partial charge in [0.05, 0.1) is 11.6 Å². The summed E-state index contributed by atoms with van der Waals surface area (Å²) < 4.78 is 53.1. The van der Waals surface area contributed by atoms with Gasteiger partial charge in [-0.25, -0.2) is 0 Å². The molecule has 278 valence electrons. The highest BCUT2D eigenvalue weighted by Gasteiger charge is 2.54. The molecule has 4 rings (SSSR count). The number of aromatic nitrogens is 1. The number of esters is 7. The third-order valence-electron chi connectivity index (χ3n) is 7.99. The van der Waals surface area contributed by atoms with Gasteiger partial charge in [-0.3, -0.25) is 33.6 Å². The molecule has 17 heteroatoms. The summed E-state index contributed by atoms with van der Waals surface area (Å²) in [5, 5.41) is 0.502. The van der Waals surface area contributed by atoms with Crippen molar-refractivity contribution >= 4 is 52.7 Å². The van der Waals surface area contributed by atoms with Crippen molar-refractivity contribution < 1.29 is 76.2 Å². The normalized spacial score (nSPS) is 28.9. The molecule has 0 saturated carbocycles. The summed E-state index contributed by atoms with van der Waals surface area (Å²) in [6, 6.07) is 6.86. The van der Waals surface area contributed by atoms with Gasteiger partial charge in [-0.2, -0.15) is 0 Å². The van der Waals surface area contributed by atoms with Crippen LogP contribution in [0.1, 0.15) is 73.3 Å². The van der Waals surface area contributed by atoms with Crippen molar-refractivity contribution in [2.75, 3.05) is 6.61 Å². The van der Waals surface area contributed by atoms with E-state index in [2.05, 4.69) is 0 Å². The lowest BCUT2D eigenvalue weighted by atomic mass is 9.90. The van der Waals surface area contributed by atoms with Gasteiger partial charge in [-0.05, 0) is 13.0 Å². The van der Waals surface area contributed by atoms with E-state index in [1.165, 1.54) is 13.8 Å². The maximum absolute atomic E-state index is 12.5. The van der Waals surface area contributed by atoms with Gasteiger partial charge >= 0.3 is 41.8 Å². The summed E-state index contributed by atoms with van der Waals surface area (Å²) in [4.78, 5) is 85.8. The number of carbonyl (C=O) groups is 7. The number of carbonyl (C=O) groups excluding carboxylic acids is 7. The Kier molecular flexibility index (Phi) is 12.4. The number of para-hydroxylation sites is 1. The van der Waals surface area contributed by atoms with Crippen molar-refractivity contribution in [3.05, 3.63) is 36.0 Å². The van der Waals surface area contributed by atoms with Crippen molar-refractivity contribution in [3.63, 3.8) is 0 Å². The molecule has 17 nitrogen and oxygen atoms in total. The molecule has 10 atom stereocenters. The van der Waals surface area contributed by atoms with Crippen molar-refractivity contribution in [2.45, 2.75) is 117 Å². The molecule has 0 aliphatic carbocycles. The Labute approximate surface area is 292 Å². The van der Waals surface area contributed by atoms with E-state index in [9.17, 15) is 33.6 Å². The van der Waals surface area contributed by atoms with E-state index in [1.807, 2.05) is 0 Å². The molecule has 1 aromatic carbocycles. The van der Waals surface area contributed by atoms with Gasteiger partial charge in [0.25, 0.3) is 0 Å². The zero-order chi connectivity index (χ0) is 37.7. The van der Waals surface area contributed by atoms with Gasteiger partial charge in [-0.1, -0.05) is 18.2 Å². The molecule has 0 spiro atoms. The second kappa shape index (κ2) is 16.3. The summed E-state index contributed by atoms with van der Waals surface area (Å²) in [5.74, 6) is -5.21. The zero-order valence-corrected chi connectivity index (χ0v) is 29.3. The van der Waals surface area contributed by atoms with Crippen molar-refractivity contribution in [1.29, 1.82) is 0 Å². The van der Waals surface area contributed by atoms with Crippen LogP contribution in [0.5, 0.6) is 0 Å². The minimum Gasteiger partial charge on any atom is -0.463 e. The van der Waals surface area contributed by atoms with E-state index in [0.29, 0.717) is 16.5 Å². The first-order chi connectivity index (χ1) is 24.0. The third-order valence-corrected chi connectivity index (χ3v) is 7.99. The van der Waals surface area contributed by atoms with E-state index in [-0.39, 0.29) is 0 Å². The maximum atomic E-state index is 12.5. The van der Waals surface area contributed by atoms with Gasteiger partial charge in [0.15, 0.2) is 42.9 Å². The molecule has 0 bridgehead atoms. The monoisotopic (exact) mass is 719 g/mol. The maximum Gasteiger partial charge on any atom is 0.303 e. The van der Waals surface area contributed by atoms with E-state index in [1.54, 1.807) is 42.0 Å². The van der Waals surface area contributed by atoms with Crippen LogP contribution in [0.2, 0.25) is 0 Å². The fourth-order valence-electron chi connectivity index (χ4n) is 6.36. The smallest absolute Gasteiger partial charge is 0.303 e. The lowest BCUT2D eigenvalue weighted by Gasteiger charge is -2.45. The van der Waals surface area contributed by atoms with Crippen molar-refractivity contribution in [1.82, 2.24) is 4.57 Å². The highest BCUT2D eigenvalue weighted by Crippen LogP contribution is 2.43. The predicted octanol–water partition coefficient (Wildman–Crippen LogP) is 2.15. The SMILES string of the molecule is CC(=O)OC[C@H]1O[C@H](c2cn([C@H]3O[C@@H](C)[C@@H](OC(C)=O)[C@@H](OC(C)=O)[C@@H]3OC(C)=O)c3ccccc23)[C@@H](OC(C)=O)[C@@H](OC(C)=O)[C@@H]1OC(C)=O. The molecule has 0 amide bonds. The van der Waals surface area contributed by atoms with Gasteiger partial charge in [-0.15, -0.1) is 0 Å². The van der Waals surface area contributed by atoms with Crippen molar-refractivity contribution in [3.8, 4) is 0 Å². The first kappa shape index (κ1) is 38.8. The second-order valence-electron chi connectivity index (χ2n) is 12.1. The minimum atomic E-state index is -1.44. The van der Waals surface area contributed by atoms with Crippen LogP contribution < -0.4 is 0 Å². The van der Waals surface area contributed by atoms with Crippen LogP contribution in [0, 0.1) is 0 Å². The summed E-state index contributed by atoms with van der Waals surface area (Å²) in [6.45, 7) is 9.16. The lowest BCUT2D eigenvalue weighted by molar-refractivity contribution is -0.259. The fourth-order valence-corrected chi connectivity index (χ4v) is 6.36. The zero-order valence-electron chi connectivity index (χ0n) is 29.3. The average Bonchev–Trinajstić information content (AvgIpc) is 3.39. The first-order valence-corrected chi connectivity index (χ1v) is 16.1. The molecule has 2 aliphatic rings. The Morgan fingerprint density at radius 3 is 1.61 bits per heavy atom. The average molecular weight is 720 g/mol. The Hall–Kier alpha value is -5.03. The summed E-state index contributed by atoms with van der Waals surface area (Å²) in [5.41, 5.74) is 0.814. The molecular formula is C34H41NO16. The van der Waals surface area contributed by atoms with E-state index >= 15 is 0 Å². The fraction of sp³-hybridized carbons (Fsp3) is 0.559. The van der Waals surface area contributed by atoms with Crippen LogP contribution in [0.25, 0.3) is 10.9 Å². The molecule has 0 unspecified atom stereocenters.